The fourth-order valence-corrected chi connectivity index (χ4v) is 3.15. The standard InChI is InChI=1S/C21H20N6O3/c1-12-10-18(23-20-14(12)6-5-7-16(20)29-3)27-19(11-13(2)26-27)22-17-9-8-15(24-25-17)21(28)30-4/h5-11H,1-4H3,(H,22,25). The van der Waals surface area contributed by atoms with Gasteiger partial charge in [0.15, 0.2) is 17.3 Å². The van der Waals surface area contributed by atoms with E-state index in [0.717, 1.165) is 22.2 Å². The van der Waals surface area contributed by atoms with Crippen LogP contribution in [0.25, 0.3) is 16.7 Å². The maximum Gasteiger partial charge on any atom is 0.358 e. The van der Waals surface area contributed by atoms with Crippen molar-refractivity contribution in [2.24, 2.45) is 0 Å². The Labute approximate surface area is 172 Å². The van der Waals surface area contributed by atoms with Crippen LogP contribution >= 0.6 is 0 Å². The predicted octanol–water partition coefficient (Wildman–Crippen LogP) is 3.37. The van der Waals surface area contributed by atoms with Crippen molar-refractivity contribution in [3.63, 3.8) is 0 Å². The van der Waals surface area contributed by atoms with Crippen molar-refractivity contribution in [1.29, 1.82) is 0 Å². The number of hydrogen-bond donors (Lipinski definition) is 1. The van der Waals surface area contributed by atoms with Crippen LogP contribution in [0.1, 0.15) is 21.7 Å². The largest absolute Gasteiger partial charge is 0.494 e. The van der Waals surface area contributed by atoms with E-state index in [1.807, 2.05) is 44.2 Å². The highest BCUT2D eigenvalue weighted by Gasteiger charge is 2.14. The zero-order chi connectivity index (χ0) is 21.3. The Hall–Kier alpha value is -4.01. The molecule has 0 atom stereocenters. The molecule has 0 aliphatic heterocycles. The number of anilines is 2. The molecule has 0 saturated heterocycles. The summed E-state index contributed by atoms with van der Waals surface area (Å²) < 4.78 is 11.8. The van der Waals surface area contributed by atoms with Crippen LogP contribution in [0.15, 0.2) is 42.5 Å². The molecule has 4 rings (SSSR count). The molecular weight excluding hydrogens is 384 g/mol. The Kier molecular flexibility index (Phi) is 5.01. The van der Waals surface area contributed by atoms with Crippen LogP contribution in [-0.4, -0.2) is 45.2 Å². The fraction of sp³-hybridized carbons (Fsp3) is 0.190. The normalized spacial score (nSPS) is 10.8. The quantitative estimate of drug-likeness (QED) is 0.505. The number of esters is 1. The van der Waals surface area contributed by atoms with Gasteiger partial charge in [-0.2, -0.15) is 9.78 Å². The molecule has 4 aromatic rings. The van der Waals surface area contributed by atoms with E-state index in [0.29, 0.717) is 23.2 Å². The number of rotatable bonds is 5. The topological polar surface area (TPSA) is 104 Å². The lowest BCUT2D eigenvalue weighted by molar-refractivity contribution is 0.0593. The molecule has 0 spiro atoms. The molecule has 9 heteroatoms. The summed E-state index contributed by atoms with van der Waals surface area (Å²) in [5, 5.41) is 16.7. The van der Waals surface area contributed by atoms with Crippen LogP contribution in [0.5, 0.6) is 5.75 Å². The molecule has 0 aliphatic rings. The van der Waals surface area contributed by atoms with Gasteiger partial charge < -0.3 is 14.8 Å². The number of ether oxygens (including phenoxy) is 2. The molecule has 0 amide bonds. The van der Waals surface area contributed by atoms with E-state index in [-0.39, 0.29) is 5.69 Å². The highest BCUT2D eigenvalue weighted by Crippen LogP contribution is 2.29. The number of aryl methyl sites for hydroxylation is 2. The van der Waals surface area contributed by atoms with E-state index >= 15 is 0 Å². The van der Waals surface area contributed by atoms with E-state index in [1.54, 1.807) is 17.9 Å². The smallest absolute Gasteiger partial charge is 0.358 e. The number of para-hydroxylation sites is 1. The van der Waals surface area contributed by atoms with Crippen molar-refractivity contribution >= 4 is 28.5 Å². The van der Waals surface area contributed by atoms with Gasteiger partial charge in [0, 0.05) is 11.5 Å². The molecule has 3 aromatic heterocycles. The lowest BCUT2D eigenvalue weighted by Gasteiger charge is -2.12. The lowest BCUT2D eigenvalue weighted by Crippen LogP contribution is -2.09. The first-order valence-corrected chi connectivity index (χ1v) is 9.20. The number of nitrogens with zero attached hydrogens (tertiary/aromatic N) is 5. The van der Waals surface area contributed by atoms with Crippen molar-refractivity contribution in [3.8, 4) is 11.6 Å². The molecule has 3 heterocycles. The number of fused-ring (bicyclic) bond motifs is 1. The first-order chi connectivity index (χ1) is 14.5. The second-order valence-electron chi connectivity index (χ2n) is 6.66. The van der Waals surface area contributed by atoms with Gasteiger partial charge >= 0.3 is 5.97 Å². The van der Waals surface area contributed by atoms with E-state index < -0.39 is 5.97 Å². The Morgan fingerprint density at radius 2 is 1.90 bits per heavy atom. The van der Waals surface area contributed by atoms with E-state index in [4.69, 9.17) is 9.72 Å². The number of methoxy groups -OCH3 is 2. The molecule has 0 fully saturated rings. The molecule has 9 nitrogen and oxygen atoms in total. The van der Waals surface area contributed by atoms with Crippen LogP contribution in [0.2, 0.25) is 0 Å². The minimum absolute atomic E-state index is 0.131. The van der Waals surface area contributed by atoms with Gasteiger partial charge in [0.2, 0.25) is 0 Å². The van der Waals surface area contributed by atoms with Gasteiger partial charge in [-0.1, -0.05) is 12.1 Å². The highest BCUT2D eigenvalue weighted by atomic mass is 16.5. The highest BCUT2D eigenvalue weighted by molar-refractivity contribution is 5.88. The number of hydrogen-bond acceptors (Lipinski definition) is 8. The van der Waals surface area contributed by atoms with Gasteiger partial charge in [0.05, 0.1) is 19.9 Å². The number of pyridine rings is 1. The van der Waals surface area contributed by atoms with E-state index in [1.165, 1.54) is 13.2 Å². The summed E-state index contributed by atoms with van der Waals surface area (Å²) in [6.07, 6.45) is 0. The number of carbonyl (C=O) groups is 1. The molecule has 0 bridgehead atoms. The molecular formula is C21H20N6O3. The minimum Gasteiger partial charge on any atom is -0.494 e. The van der Waals surface area contributed by atoms with Gasteiger partial charge in [-0.3, -0.25) is 0 Å². The lowest BCUT2D eigenvalue weighted by atomic mass is 10.1. The minimum atomic E-state index is -0.542. The maximum atomic E-state index is 11.5. The number of benzene rings is 1. The van der Waals surface area contributed by atoms with E-state index in [9.17, 15) is 4.79 Å². The molecule has 0 unspecified atom stereocenters. The van der Waals surface area contributed by atoms with Crippen LogP contribution in [-0.2, 0) is 4.74 Å². The second-order valence-corrected chi connectivity index (χ2v) is 6.66. The maximum absolute atomic E-state index is 11.5. The number of nitrogens with one attached hydrogen (secondary N) is 1. The van der Waals surface area contributed by atoms with Gasteiger partial charge in [-0.25, -0.2) is 9.78 Å². The van der Waals surface area contributed by atoms with Crippen LogP contribution < -0.4 is 10.1 Å². The van der Waals surface area contributed by atoms with Crippen LogP contribution in [0.3, 0.4) is 0 Å². The average Bonchev–Trinajstić information content (AvgIpc) is 3.13. The summed E-state index contributed by atoms with van der Waals surface area (Å²) in [6.45, 7) is 3.91. The average molecular weight is 404 g/mol. The first-order valence-electron chi connectivity index (χ1n) is 9.20. The summed E-state index contributed by atoms with van der Waals surface area (Å²) in [7, 11) is 2.92. The molecule has 0 radical (unpaired) electrons. The van der Waals surface area contributed by atoms with Gasteiger partial charge in [0.25, 0.3) is 0 Å². The van der Waals surface area contributed by atoms with Gasteiger partial charge in [-0.15, -0.1) is 10.2 Å². The fourth-order valence-electron chi connectivity index (χ4n) is 3.15. The van der Waals surface area contributed by atoms with Crippen molar-refractivity contribution in [3.05, 3.63) is 59.4 Å². The Bertz CT molecular complexity index is 1230. The van der Waals surface area contributed by atoms with Crippen LogP contribution in [0, 0.1) is 13.8 Å². The molecule has 0 saturated carbocycles. The third kappa shape index (κ3) is 3.52. The Morgan fingerprint density at radius 3 is 2.60 bits per heavy atom. The first kappa shape index (κ1) is 19.3. The summed E-state index contributed by atoms with van der Waals surface area (Å²) in [6, 6.07) is 12.9. The third-order valence-corrected chi connectivity index (χ3v) is 4.58. The van der Waals surface area contributed by atoms with Crippen molar-refractivity contribution in [2.75, 3.05) is 19.5 Å². The molecule has 152 valence electrons. The monoisotopic (exact) mass is 404 g/mol. The number of carbonyl (C=O) groups excluding carboxylic acids is 1. The third-order valence-electron chi connectivity index (χ3n) is 4.58. The SMILES string of the molecule is COC(=O)c1ccc(Nc2cc(C)nn2-c2cc(C)c3cccc(OC)c3n2)nn1. The summed E-state index contributed by atoms with van der Waals surface area (Å²) >= 11 is 0. The summed E-state index contributed by atoms with van der Waals surface area (Å²) in [5.74, 6) is 1.91. The molecule has 30 heavy (non-hydrogen) atoms. The van der Waals surface area contributed by atoms with Crippen LogP contribution in [0.4, 0.5) is 11.6 Å². The van der Waals surface area contributed by atoms with Gasteiger partial charge in [-0.05, 0) is 43.7 Å². The van der Waals surface area contributed by atoms with Crippen molar-refractivity contribution < 1.29 is 14.3 Å². The second kappa shape index (κ2) is 7.78. The number of aromatic nitrogens is 5. The molecule has 1 aromatic carbocycles. The predicted molar refractivity (Wildman–Crippen MR) is 112 cm³/mol. The molecule has 1 N–H and O–H groups in total. The summed E-state index contributed by atoms with van der Waals surface area (Å²) in [4.78, 5) is 16.3. The van der Waals surface area contributed by atoms with Gasteiger partial charge in [0.1, 0.15) is 17.1 Å². The summed E-state index contributed by atoms with van der Waals surface area (Å²) in [5.41, 5.74) is 2.74. The Balaban J connectivity index is 1.74. The van der Waals surface area contributed by atoms with Crippen molar-refractivity contribution in [1.82, 2.24) is 25.0 Å². The zero-order valence-corrected chi connectivity index (χ0v) is 17.0. The molecule has 0 aliphatic carbocycles. The Morgan fingerprint density at radius 1 is 1.07 bits per heavy atom. The zero-order valence-electron chi connectivity index (χ0n) is 17.0. The van der Waals surface area contributed by atoms with Crippen molar-refractivity contribution in [2.45, 2.75) is 13.8 Å². The van der Waals surface area contributed by atoms with E-state index in [2.05, 4.69) is 25.3 Å².